The summed E-state index contributed by atoms with van der Waals surface area (Å²) in [5.41, 5.74) is 1.69. The first-order valence-corrected chi connectivity index (χ1v) is 8.71. The lowest BCUT2D eigenvalue weighted by molar-refractivity contribution is -0.121. The van der Waals surface area contributed by atoms with Gasteiger partial charge in [0.1, 0.15) is 5.82 Å². The number of halogens is 1. The molecule has 1 saturated heterocycles. The van der Waals surface area contributed by atoms with Gasteiger partial charge in [-0.1, -0.05) is 24.3 Å². The topological polar surface area (TPSA) is 61.4 Å². The molecule has 6 heteroatoms. The number of nitrogens with zero attached hydrogens (tertiary/aromatic N) is 1. The molecular weight excluding hydrogens is 333 g/mol. The van der Waals surface area contributed by atoms with Crippen LogP contribution in [0.2, 0.25) is 0 Å². The van der Waals surface area contributed by atoms with Gasteiger partial charge in [-0.05, 0) is 49.6 Å². The number of aryl methyl sites for hydroxylation is 1. The SMILES string of the molecule is Cc1ccc(NC(=O)[C@@H]2CCCN(C(=O)Nc3ccccc3)C2)cc1F. The zero-order chi connectivity index (χ0) is 18.5. The van der Waals surface area contributed by atoms with Crippen molar-refractivity contribution in [2.45, 2.75) is 19.8 Å². The Balaban J connectivity index is 1.59. The van der Waals surface area contributed by atoms with E-state index in [0.29, 0.717) is 30.8 Å². The lowest BCUT2D eigenvalue weighted by atomic mass is 9.97. The average molecular weight is 355 g/mol. The molecule has 1 aliphatic rings. The van der Waals surface area contributed by atoms with E-state index in [1.54, 1.807) is 24.0 Å². The molecule has 0 spiro atoms. The highest BCUT2D eigenvalue weighted by atomic mass is 19.1. The van der Waals surface area contributed by atoms with Crippen molar-refractivity contribution < 1.29 is 14.0 Å². The Bertz CT molecular complexity index is 795. The fraction of sp³-hybridized carbons (Fsp3) is 0.300. The molecule has 0 aromatic heterocycles. The van der Waals surface area contributed by atoms with Crippen molar-refractivity contribution in [3.8, 4) is 0 Å². The van der Waals surface area contributed by atoms with Gasteiger partial charge in [-0.2, -0.15) is 0 Å². The summed E-state index contributed by atoms with van der Waals surface area (Å²) in [6.07, 6.45) is 1.46. The van der Waals surface area contributed by atoms with Crippen LogP contribution in [0, 0.1) is 18.7 Å². The summed E-state index contributed by atoms with van der Waals surface area (Å²) >= 11 is 0. The molecule has 0 radical (unpaired) electrons. The highest BCUT2D eigenvalue weighted by molar-refractivity contribution is 5.94. The van der Waals surface area contributed by atoms with E-state index in [4.69, 9.17) is 0 Å². The van der Waals surface area contributed by atoms with Gasteiger partial charge in [0.25, 0.3) is 0 Å². The highest BCUT2D eigenvalue weighted by Crippen LogP contribution is 2.21. The van der Waals surface area contributed by atoms with Crippen LogP contribution in [0.5, 0.6) is 0 Å². The fourth-order valence-electron chi connectivity index (χ4n) is 3.01. The van der Waals surface area contributed by atoms with Crippen molar-refractivity contribution >= 4 is 23.3 Å². The summed E-state index contributed by atoms with van der Waals surface area (Å²) in [5, 5.41) is 5.59. The van der Waals surface area contributed by atoms with Crippen LogP contribution in [0.4, 0.5) is 20.6 Å². The Morgan fingerprint density at radius 2 is 1.85 bits per heavy atom. The number of hydrogen-bond donors (Lipinski definition) is 2. The monoisotopic (exact) mass is 355 g/mol. The number of likely N-dealkylation sites (tertiary alicyclic amines) is 1. The van der Waals surface area contributed by atoms with Gasteiger partial charge in [0.2, 0.25) is 5.91 Å². The maximum atomic E-state index is 13.6. The van der Waals surface area contributed by atoms with Crippen molar-refractivity contribution in [3.63, 3.8) is 0 Å². The zero-order valence-corrected chi connectivity index (χ0v) is 14.7. The van der Waals surface area contributed by atoms with Crippen molar-refractivity contribution in [1.29, 1.82) is 0 Å². The molecule has 0 unspecified atom stereocenters. The molecule has 2 aromatic rings. The molecule has 2 aromatic carbocycles. The molecule has 0 saturated carbocycles. The molecule has 0 bridgehead atoms. The molecule has 26 heavy (non-hydrogen) atoms. The normalized spacial score (nSPS) is 16.8. The lowest BCUT2D eigenvalue weighted by Gasteiger charge is -2.32. The molecule has 1 atom stereocenters. The number of para-hydroxylation sites is 1. The molecule has 0 aliphatic carbocycles. The Morgan fingerprint density at radius 1 is 1.08 bits per heavy atom. The smallest absolute Gasteiger partial charge is 0.321 e. The molecular formula is C20H22FN3O2. The fourth-order valence-corrected chi connectivity index (χ4v) is 3.01. The van der Waals surface area contributed by atoms with E-state index in [0.717, 1.165) is 12.1 Å². The van der Waals surface area contributed by atoms with Crippen LogP contribution in [0.25, 0.3) is 0 Å². The number of nitrogens with one attached hydrogen (secondary N) is 2. The van der Waals surface area contributed by atoms with Crippen molar-refractivity contribution in [1.82, 2.24) is 4.90 Å². The zero-order valence-electron chi connectivity index (χ0n) is 14.7. The number of anilines is 2. The summed E-state index contributed by atoms with van der Waals surface area (Å²) in [6.45, 7) is 2.63. The van der Waals surface area contributed by atoms with Gasteiger partial charge in [-0.25, -0.2) is 9.18 Å². The molecule has 1 fully saturated rings. The van der Waals surface area contributed by atoms with Gasteiger partial charge in [-0.3, -0.25) is 4.79 Å². The van der Waals surface area contributed by atoms with Gasteiger partial charge in [0, 0.05) is 24.5 Å². The van der Waals surface area contributed by atoms with Gasteiger partial charge >= 0.3 is 6.03 Å². The van der Waals surface area contributed by atoms with Crippen LogP contribution < -0.4 is 10.6 Å². The van der Waals surface area contributed by atoms with E-state index >= 15 is 0 Å². The number of carbonyl (C=O) groups excluding carboxylic acids is 2. The van der Waals surface area contributed by atoms with Gasteiger partial charge in [0.05, 0.1) is 5.92 Å². The second-order valence-corrected chi connectivity index (χ2v) is 6.53. The number of amides is 3. The molecule has 3 amide bonds. The van der Waals surface area contributed by atoms with E-state index < -0.39 is 0 Å². The quantitative estimate of drug-likeness (QED) is 0.874. The molecule has 2 N–H and O–H groups in total. The first kappa shape index (κ1) is 17.9. The van der Waals surface area contributed by atoms with Crippen LogP contribution in [-0.2, 0) is 4.79 Å². The summed E-state index contributed by atoms with van der Waals surface area (Å²) < 4.78 is 13.6. The lowest BCUT2D eigenvalue weighted by Crippen LogP contribution is -2.45. The van der Waals surface area contributed by atoms with Crippen molar-refractivity contribution in [2.24, 2.45) is 5.92 Å². The second kappa shape index (κ2) is 7.99. The second-order valence-electron chi connectivity index (χ2n) is 6.53. The molecule has 5 nitrogen and oxygen atoms in total. The van der Waals surface area contributed by atoms with Gasteiger partial charge in [-0.15, -0.1) is 0 Å². The van der Waals surface area contributed by atoms with E-state index in [-0.39, 0.29) is 23.7 Å². The predicted molar refractivity (Wildman–Crippen MR) is 99.5 cm³/mol. The van der Waals surface area contributed by atoms with Gasteiger partial charge in [0.15, 0.2) is 0 Å². The Hall–Kier alpha value is -2.89. The number of rotatable bonds is 3. The predicted octanol–water partition coefficient (Wildman–Crippen LogP) is 4.02. The van der Waals surface area contributed by atoms with E-state index in [2.05, 4.69) is 10.6 Å². The minimum atomic E-state index is -0.352. The Morgan fingerprint density at radius 3 is 2.58 bits per heavy atom. The van der Waals surface area contributed by atoms with E-state index in [9.17, 15) is 14.0 Å². The Kier molecular flexibility index (Phi) is 5.51. The Labute approximate surface area is 152 Å². The first-order valence-electron chi connectivity index (χ1n) is 8.71. The number of benzene rings is 2. The van der Waals surface area contributed by atoms with Crippen molar-refractivity contribution in [2.75, 3.05) is 23.7 Å². The van der Waals surface area contributed by atoms with Crippen LogP contribution in [0.15, 0.2) is 48.5 Å². The minimum absolute atomic E-state index is 0.189. The maximum Gasteiger partial charge on any atom is 0.321 e. The van der Waals surface area contributed by atoms with E-state index in [1.165, 1.54) is 6.07 Å². The summed E-state index contributed by atoms with van der Waals surface area (Å²) in [7, 11) is 0. The number of urea groups is 1. The third kappa shape index (κ3) is 4.39. The largest absolute Gasteiger partial charge is 0.326 e. The van der Waals surface area contributed by atoms with Gasteiger partial charge < -0.3 is 15.5 Å². The van der Waals surface area contributed by atoms with Crippen LogP contribution >= 0.6 is 0 Å². The molecule has 1 aliphatic heterocycles. The number of piperidine rings is 1. The summed E-state index contributed by atoms with van der Waals surface area (Å²) in [4.78, 5) is 26.6. The maximum absolute atomic E-state index is 13.6. The highest BCUT2D eigenvalue weighted by Gasteiger charge is 2.28. The summed E-state index contributed by atoms with van der Waals surface area (Å²) in [5.74, 6) is -0.851. The standard InChI is InChI=1S/C20H22FN3O2/c1-14-9-10-17(12-18(14)21)22-19(25)15-6-5-11-24(13-15)20(26)23-16-7-3-2-4-8-16/h2-4,7-10,12,15H,5-6,11,13H2,1H3,(H,22,25)(H,23,26)/t15-/m1/s1. The van der Waals surface area contributed by atoms with Crippen molar-refractivity contribution in [3.05, 3.63) is 59.9 Å². The van der Waals surface area contributed by atoms with Crippen LogP contribution in [-0.4, -0.2) is 29.9 Å². The van der Waals surface area contributed by atoms with E-state index in [1.807, 2.05) is 30.3 Å². The number of carbonyl (C=O) groups is 2. The molecule has 1 heterocycles. The number of hydrogen-bond acceptors (Lipinski definition) is 2. The third-order valence-electron chi connectivity index (χ3n) is 4.54. The minimum Gasteiger partial charge on any atom is -0.326 e. The van der Waals surface area contributed by atoms with Crippen LogP contribution in [0.1, 0.15) is 18.4 Å². The van der Waals surface area contributed by atoms with Crippen LogP contribution in [0.3, 0.4) is 0 Å². The molecule has 136 valence electrons. The summed E-state index contributed by atoms with van der Waals surface area (Å²) in [6, 6.07) is 13.6. The average Bonchev–Trinajstić information content (AvgIpc) is 2.65. The molecule has 3 rings (SSSR count). The third-order valence-corrected chi connectivity index (χ3v) is 4.54. The first-order chi connectivity index (χ1) is 12.5.